The summed E-state index contributed by atoms with van der Waals surface area (Å²) in [5, 5.41) is 14.3. The number of hydrogen-bond donors (Lipinski definition) is 1. The highest BCUT2D eigenvalue weighted by Gasteiger charge is 2.27. The summed E-state index contributed by atoms with van der Waals surface area (Å²) in [4.78, 5) is 10.2. The number of nitrogens with one attached hydrogen (secondary N) is 1. The SMILES string of the molecule is CCCNC1CCCC1Cc1cc(F)cc([N+](=O)[O-])c1. The van der Waals surface area contributed by atoms with Crippen molar-refractivity contribution in [1.82, 2.24) is 5.32 Å². The Balaban J connectivity index is 2.07. The number of benzene rings is 1. The molecule has 2 atom stereocenters. The van der Waals surface area contributed by atoms with Crippen molar-refractivity contribution in [2.45, 2.75) is 45.1 Å². The summed E-state index contributed by atoms with van der Waals surface area (Å²) < 4.78 is 13.4. The zero-order valence-corrected chi connectivity index (χ0v) is 11.8. The highest BCUT2D eigenvalue weighted by atomic mass is 19.1. The first-order valence-electron chi connectivity index (χ1n) is 7.27. The fourth-order valence-electron chi connectivity index (χ4n) is 3.04. The number of nitro benzene ring substituents is 1. The molecule has 2 rings (SSSR count). The molecular weight excluding hydrogens is 259 g/mol. The molecule has 0 bridgehead atoms. The molecule has 4 nitrogen and oxygen atoms in total. The summed E-state index contributed by atoms with van der Waals surface area (Å²) in [6.07, 6.45) is 5.21. The molecule has 1 aliphatic carbocycles. The van der Waals surface area contributed by atoms with Crippen LogP contribution in [0.25, 0.3) is 0 Å². The van der Waals surface area contributed by atoms with E-state index in [9.17, 15) is 14.5 Å². The zero-order chi connectivity index (χ0) is 14.5. The van der Waals surface area contributed by atoms with E-state index in [1.54, 1.807) is 0 Å². The molecule has 20 heavy (non-hydrogen) atoms. The predicted octanol–water partition coefficient (Wildman–Crippen LogP) is 3.44. The molecule has 0 saturated heterocycles. The highest BCUT2D eigenvalue weighted by Crippen LogP contribution is 2.30. The zero-order valence-electron chi connectivity index (χ0n) is 11.8. The number of non-ortho nitro benzene ring substituents is 1. The monoisotopic (exact) mass is 280 g/mol. The van der Waals surface area contributed by atoms with Crippen LogP contribution in [0.1, 0.15) is 38.2 Å². The van der Waals surface area contributed by atoms with Crippen LogP contribution in [0.2, 0.25) is 0 Å². The van der Waals surface area contributed by atoms with E-state index in [1.165, 1.54) is 18.6 Å². The fourth-order valence-corrected chi connectivity index (χ4v) is 3.04. The van der Waals surface area contributed by atoms with E-state index in [4.69, 9.17) is 0 Å². The minimum absolute atomic E-state index is 0.156. The molecule has 1 N–H and O–H groups in total. The third-order valence-electron chi connectivity index (χ3n) is 3.97. The van der Waals surface area contributed by atoms with Crippen LogP contribution in [0, 0.1) is 21.8 Å². The summed E-state index contributed by atoms with van der Waals surface area (Å²) in [5.41, 5.74) is 0.572. The lowest BCUT2D eigenvalue weighted by Gasteiger charge is -2.21. The molecule has 1 aromatic carbocycles. The largest absolute Gasteiger partial charge is 0.314 e. The van der Waals surface area contributed by atoms with Crippen molar-refractivity contribution in [2.75, 3.05) is 6.54 Å². The lowest BCUT2D eigenvalue weighted by atomic mass is 9.94. The van der Waals surface area contributed by atoms with Gasteiger partial charge in [-0.3, -0.25) is 10.1 Å². The second-order valence-electron chi connectivity index (χ2n) is 5.53. The molecule has 1 aromatic rings. The van der Waals surface area contributed by atoms with Crippen molar-refractivity contribution in [3.63, 3.8) is 0 Å². The van der Waals surface area contributed by atoms with Gasteiger partial charge < -0.3 is 5.32 Å². The minimum atomic E-state index is -0.534. The molecule has 0 heterocycles. The van der Waals surface area contributed by atoms with Gasteiger partial charge in [0.15, 0.2) is 0 Å². The van der Waals surface area contributed by atoms with Gasteiger partial charge in [0.05, 0.1) is 11.0 Å². The molecule has 0 spiro atoms. The molecule has 0 aliphatic heterocycles. The first kappa shape index (κ1) is 14.9. The molecule has 0 amide bonds. The molecule has 5 heteroatoms. The van der Waals surface area contributed by atoms with E-state index >= 15 is 0 Å². The van der Waals surface area contributed by atoms with Gasteiger partial charge in [-0.05, 0) is 49.8 Å². The van der Waals surface area contributed by atoms with Gasteiger partial charge in [-0.1, -0.05) is 13.3 Å². The smallest absolute Gasteiger partial charge is 0.272 e. The molecule has 0 radical (unpaired) electrons. The van der Waals surface area contributed by atoms with Crippen molar-refractivity contribution in [2.24, 2.45) is 5.92 Å². The van der Waals surface area contributed by atoms with E-state index in [2.05, 4.69) is 12.2 Å². The fraction of sp³-hybridized carbons (Fsp3) is 0.600. The molecular formula is C15H21FN2O2. The van der Waals surface area contributed by atoms with Crippen LogP contribution >= 0.6 is 0 Å². The van der Waals surface area contributed by atoms with Crippen molar-refractivity contribution in [3.05, 3.63) is 39.7 Å². The summed E-state index contributed by atoms with van der Waals surface area (Å²) in [7, 11) is 0. The maximum absolute atomic E-state index is 13.4. The number of hydrogen-bond acceptors (Lipinski definition) is 3. The lowest BCUT2D eigenvalue weighted by molar-refractivity contribution is -0.385. The Morgan fingerprint density at radius 3 is 2.90 bits per heavy atom. The first-order valence-corrected chi connectivity index (χ1v) is 7.27. The van der Waals surface area contributed by atoms with Crippen LogP contribution in [0.3, 0.4) is 0 Å². The summed E-state index contributed by atoms with van der Waals surface area (Å²) in [6.45, 7) is 3.12. The van der Waals surface area contributed by atoms with Crippen molar-refractivity contribution >= 4 is 5.69 Å². The number of rotatable bonds is 6. The van der Waals surface area contributed by atoms with Crippen LogP contribution < -0.4 is 5.32 Å². The van der Waals surface area contributed by atoms with Gasteiger partial charge >= 0.3 is 0 Å². The predicted molar refractivity (Wildman–Crippen MR) is 76.2 cm³/mol. The topological polar surface area (TPSA) is 55.2 Å². The van der Waals surface area contributed by atoms with Gasteiger partial charge in [-0.2, -0.15) is 0 Å². The van der Waals surface area contributed by atoms with E-state index in [-0.39, 0.29) is 5.69 Å². The summed E-state index contributed by atoms with van der Waals surface area (Å²) >= 11 is 0. The van der Waals surface area contributed by atoms with Crippen LogP contribution in [0.4, 0.5) is 10.1 Å². The normalized spacial score (nSPS) is 22.1. The summed E-state index contributed by atoms with van der Waals surface area (Å²) in [5.74, 6) is -0.0757. The van der Waals surface area contributed by atoms with Gasteiger partial charge in [-0.15, -0.1) is 0 Å². The van der Waals surface area contributed by atoms with Gasteiger partial charge in [0.1, 0.15) is 5.82 Å². The van der Waals surface area contributed by atoms with Crippen molar-refractivity contribution in [1.29, 1.82) is 0 Å². The summed E-state index contributed by atoms with van der Waals surface area (Å²) in [6, 6.07) is 4.35. The van der Waals surface area contributed by atoms with Crippen LogP contribution in [0.5, 0.6) is 0 Å². The number of nitro groups is 1. The Bertz CT molecular complexity index is 479. The Morgan fingerprint density at radius 2 is 2.20 bits per heavy atom. The van der Waals surface area contributed by atoms with Crippen molar-refractivity contribution in [3.8, 4) is 0 Å². The van der Waals surface area contributed by atoms with E-state index in [1.807, 2.05) is 0 Å². The molecule has 1 saturated carbocycles. The Hall–Kier alpha value is -1.49. The second kappa shape index (κ2) is 6.79. The third kappa shape index (κ3) is 3.76. The minimum Gasteiger partial charge on any atom is -0.314 e. The first-order chi connectivity index (χ1) is 9.60. The highest BCUT2D eigenvalue weighted by molar-refractivity contribution is 5.35. The van der Waals surface area contributed by atoms with Crippen LogP contribution in [-0.2, 0) is 6.42 Å². The Morgan fingerprint density at radius 1 is 1.40 bits per heavy atom. The van der Waals surface area contributed by atoms with E-state index in [0.29, 0.717) is 18.4 Å². The molecule has 1 aliphatic rings. The Kier molecular flexibility index (Phi) is 5.06. The van der Waals surface area contributed by atoms with Gasteiger partial charge in [-0.25, -0.2) is 4.39 Å². The van der Waals surface area contributed by atoms with E-state index < -0.39 is 10.7 Å². The Labute approximate surface area is 118 Å². The average Bonchev–Trinajstić information content (AvgIpc) is 2.83. The van der Waals surface area contributed by atoms with Crippen LogP contribution in [-0.4, -0.2) is 17.5 Å². The maximum Gasteiger partial charge on any atom is 0.272 e. The number of halogens is 1. The van der Waals surface area contributed by atoms with Gasteiger partial charge in [0, 0.05) is 12.1 Å². The molecule has 0 aromatic heterocycles. The quantitative estimate of drug-likeness (QED) is 0.641. The average molecular weight is 280 g/mol. The molecule has 2 unspecified atom stereocenters. The maximum atomic E-state index is 13.4. The second-order valence-corrected chi connectivity index (χ2v) is 5.53. The lowest BCUT2D eigenvalue weighted by Crippen LogP contribution is -2.33. The van der Waals surface area contributed by atoms with Gasteiger partial charge in [0.2, 0.25) is 0 Å². The van der Waals surface area contributed by atoms with Crippen molar-refractivity contribution < 1.29 is 9.31 Å². The van der Waals surface area contributed by atoms with Gasteiger partial charge in [0.25, 0.3) is 5.69 Å². The molecule has 110 valence electrons. The standard InChI is InChI=1S/C15H21FN2O2/c1-2-6-17-15-5-3-4-12(15)7-11-8-13(16)10-14(9-11)18(19)20/h8-10,12,15,17H,2-7H2,1H3. The van der Waals surface area contributed by atoms with Crippen LogP contribution in [0.15, 0.2) is 18.2 Å². The molecule has 1 fully saturated rings. The van der Waals surface area contributed by atoms with E-state index in [0.717, 1.165) is 37.4 Å². The third-order valence-corrected chi connectivity index (χ3v) is 3.97. The number of nitrogens with zero attached hydrogens (tertiary/aromatic N) is 1.